The predicted molar refractivity (Wildman–Crippen MR) is 48.4 cm³/mol. The molecular formula is C11H16. The lowest BCUT2D eigenvalue weighted by Gasteiger charge is -2.06. The van der Waals surface area contributed by atoms with E-state index in [0.29, 0.717) is 0 Å². The minimum Gasteiger partial charge on any atom is -0.0750 e. The SMILES string of the molecule is CC1CC=C=C=CCCCC1. The molecule has 60 valence electrons. The first kappa shape index (κ1) is 8.40. The first-order valence-electron chi connectivity index (χ1n) is 4.54. The zero-order valence-corrected chi connectivity index (χ0v) is 7.27. The minimum absolute atomic E-state index is 0.836. The molecule has 1 atom stereocenters. The molecule has 0 bridgehead atoms. The van der Waals surface area contributed by atoms with Crippen molar-refractivity contribution in [1.29, 1.82) is 0 Å². The van der Waals surface area contributed by atoms with E-state index < -0.39 is 0 Å². The molecule has 0 saturated heterocycles. The molecule has 1 aliphatic carbocycles. The third-order valence-electron chi connectivity index (χ3n) is 2.10. The summed E-state index contributed by atoms with van der Waals surface area (Å²) < 4.78 is 0. The van der Waals surface area contributed by atoms with Gasteiger partial charge in [0.2, 0.25) is 0 Å². The number of hydrogen-bond acceptors (Lipinski definition) is 0. The monoisotopic (exact) mass is 148 g/mol. The summed E-state index contributed by atoms with van der Waals surface area (Å²) in [5, 5.41) is 0. The van der Waals surface area contributed by atoms with Crippen molar-refractivity contribution in [2.45, 2.75) is 39.0 Å². The Balaban J connectivity index is 2.51. The summed E-state index contributed by atoms with van der Waals surface area (Å²) in [7, 11) is 0. The fourth-order valence-corrected chi connectivity index (χ4v) is 1.31. The Hall–Kier alpha value is -0.700. The molecule has 0 spiro atoms. The summed E-state index contributed by atoms with van der Waals surface area (Å²) in [5.74, 6) is 0.836. The zero-order valence-electron chi connectivity index (χ0n) is 7.27. The Morgan fingerprint density at radius 1 is 1.18 bits per heavy atom. The summed E-state index contributed by atoms with van der Waals surface area (Å²) in [4.78, 5) is 0. The molecule has 0 aromatic heterocycles. The van der Waals surface area contributed by atoms with Crippen LogP contribution in [0, 0.1) is 5.92 Å². The van der Waals surface area contributed by atoms with Gasteiger partial charge in [0.15, 0.2) is 0 Å². The molecule has 0 fully saturated rings. The largest absolute Gasteiger partial charge is 0.0750 e. The van der Waals surface area contributed by atoms with Gasteiger partial charge in [-0.05, 0) is 37.3 Å². The first-order valence-corrected chi connectivity index (χ1v) is 4.54. The van der Waals surface area contributed by atoms with Crippen molar-refractivity contribution in [2.75, 3.05) is 0 Å². The maximum Gasteiger partial charge on any atom is -0.0242 e. The van der Waals surface area contributed by atoms with Crippen LogP contribution in [0.3, 0.4) is 0 Å². The van der Waals surface area contributed by atoms with E-state index in [1.165, 1.54) is 32.1 Å². The normalized spacial score (nSPS) is 25.4. The summed E-state index contributed by atoms with van der Waals surface area (Å²) in [6.45, 7) is 2.31. The quantitative estimate of drug-likeness (QED) is 0.461. The van der Waals surface area contributed by atoms with Gasteiger partial charge in [-0.3, -0.25) is 0 Å². The number of hydrogen-bond donors (Lipinski definition) is 0. The highest BCUT2D eigenvalue weighted by Crippen LogP contribution is 2.13. The van der Waals surface area contributed by atoms with Crippen LogP contribution < -0.4 is 0 Å². The van der Waals surface area contributed by atoms with E-state index in [-0.39, 0.29) is 0 Å². The van der Waals surface area contributed by atoms with E-state index in [1.807, 2.05) is 0 Å². The highest BCUT2D eigenvalue weighted by atomic mass is 14.0. The fourth-order valence-electron chi connectivity index (χ4n) is 1.31. The van der Waals surface area contributed by atoms with Gasteiger partial charge in [0.25, 0.3) is 0 Å². The molecule has 0 radical (unpaired) electrons. The Morgan fingerprint density at radius 3 is 2.91 bits per heavy atom. The molecule has 0 aromatic rings. The molecule has 0 heterocycles. The predicted octanol–water partition coefficient (Wildman–Crippen LogP) is 3.45. The number of allylic oxidation sites excluding steroid dienone is 2. The molecular weight excluding hydrogens is 132 g/mol. The molecule has 0 amide bonds. The van der Waals surface area contributed by atoms with Crippen molar-refractivity contribution in [3.05, 3.63) is 23.6 Å². The van der Waals surface area contributed by atoms with Crippen LogP contribution >= 0.6 is 0 Å². The Morgan fingerprint density at radius 2 is 2.00 bits per heavy atom. The number of rotatable bonds is 0. The maximum atomic E-state index is 3.05. The smallest absolute Gasteiger partial charge is 0.0242 e. The van der Waals surface area contributed by atoms with E-state index in [1.54, 1.807) is 0 Å². The molecule has 1 rings (SSSR count). The second-order valence-corrected chi connectivity index (χ2v) is 3.32. The second kappa shape index (κ2) is 5.02. The van der Waals surface area contributed by atoms with Crippen LogP contribution in [0.15, 0.2) is 23.6 Å². The zero-order chi connectivity index (χ0) is 7.94. The molecule has 0 saturated carbocycles. The van der Waals surface area contributed by atoms with Crippen LogP contribution in [0.5, 0.6) is 0 Å². The molecule has 0 aliphatic heterocycles. The van der Waals surface area contributed by atoms with Crippen LogP contribution in [0.25, 0.3) is 0 Å². The van der Waals surface area contributed by atoms with Crippen LogP contribution in [0.2, 0.25) is 0 Å². The Kier molecular flexibility index (Phi) is 3.83. The van der Waals surface area contributed by atoms with E-state index >= 15 is 0 Å². The Labute approximate surface area is 69.3 Å². The van der Waals surface area contributed by atoms with Gasteiger partial charge in [-0.1, -0.05) is 31.2 Å². The summed E-state index contributed by atoms with van der Waals surface area (Å²) in [6.07, 6.45) is 10.6. The molecule has 0 nitrogen and oxygen atoms in total. The Bertz CT molecular complexity index is 188. The van der Waals surface area contributed by atoms with Gasteiger partial charge in [0.1, 0.15) is 0 Å². The summed E-state index contributed by atoms with van der Waals surface area (Å²) in [6, 6.07) is 0. The summed E-state index contributed by atoms with van der Waals surface area (Å²) >= 11 is 0. The first-order chi connectivity index (χ1) is 5.39. The van der Waals surface area contributed by atoms with Gasteiger partial charge in [-0.2, -0.15) is 0 Å². The molecule has 11 heavy (non-hydrogen) atoms. The minimum atomic E-state index is 0.836. The van der Waals surface area contributed by atoms with Crippen molar-refractivity contribution >= 4 is 0 Å². The highest BCUT2D eigenvalue weighted by Gasteiger charge is 1.98. The average Bonchev–Trinajstić information content (AvgIpc) is 2.03. The topological polar surface area (TPSA) is 0 Å². The van der Waals surface area contributed by atoms with E-state index in [9.17, 15) is 0 Å². The molecule has 0 N–H and O–H groups in total. The van der Waals surface area contributed by atoms with Gasteiger partial charge < -0.3 is 0 Å². The van der Waals surface area contributed by atoms with Crippen LogP contribution in [0.1, 0.15) is 39.0 Å². The molecule has 1 unspecified atom stereocenters. The van der Waals surface area contributed by atoms with Crippen LogP contribution in [0.4, 0.5) is 0 Å². The maximum absolute atomic E-state index is 3.05. The lowest BCUT2D eigenvalue weighted by atomic mass is 9.99. The standard InChI is InChI=1S/C11H16/c1-11-9-7-5-3-2-4-6-8-10-11/h2,8,11H,3,5,7,9-10H2,1H3. The average molecular weight is 148 g/mol. The van der Waals surface area contributed by atoms with Crippen molar-refractivity contribution in [2.24, 2.45) is 5.92 Å². The third-order valence-corrected chi connectivity index (χ3v) is 2.10. The van der Waals surface area contributed by atoms with Gasteiger partial charge in [-0.25, -0.2) is 0 Å². The van der Waals surface area contributed by atoms with Crippen molar-refractivity contribution in [1.82, 2.24) is 0 Å². The van der Waals surface area contributed by atoms with Gasteiger partial charge in [0.05, 0.1) is 0 Å². The van der Waals surface area contributed by atoms with Gasteiger partial charge >= 0.3 is 0 Å². The fraction of sp³-hybridized carbons (Fsp3) is 0.636. The molecule has 1 aliphatic rings. The van der Waals surface area contributed by atoms with Crippen LogP contribution in [-0.2, 0) is 0 Å². The van der Waals surface area contributed by atoms with E-state index in [2.05, 4.69) is 30.5 Å². The lowest BCUT2D eigenvalue weighted by molar-refractivity contribution is 0.505. The van der Waals surface area contributed by atoms with Crippen molar-refractivity contribution in [3.63, 3.8) is 0 Å². The van der Waals surface area contributed by atoms with Gasteiger partial charge in [0, 0.05) is 0 Å². The second-order valence-electron chi connectivity index (χ2n) is 3.32. The molecule has 0 aromatic carbocycles. The van der Waals surface area contributed by atoms with Crippen molar-refractivity contribution in [3.8, 4) is 0 Å². The van der Waals surface area contributed by atoms with E-state index in [4.69, 9.17) is 0 Å². The summed E-state index contributed by atoms with van der Waals surface area (Å²) in [5.41, 5.74) is 6.10. The molecule has 0 heteroatoms. The van der Waals surface area contributed by atoms with Crippen LogP contribution in [-0.4, -0.2) is 0 Å². The van der Waals surface area contributed by atoms with E-state index in [0.717, 1.165) is 5.92 Å². The third kappa shape index (κ3) is 3.88. The van der Waals surface area contributed by atoms with Gasteiger partial charge in [-0.15, -0.1) is 0 Å². The lowest BCUT2D eigenvalue weighted by Crippen LogP contribution is -1.92. The van der Waals surface area contributed by atoms with Crippen molar-refractivity contribution < 1.29 is 0 Å². The highest BCUT2D eigenvalue weighted by molar-refractivity contribution is 4.88.